The van der Waals surface area contributed by atoms with Gasteiger partial charge in [0.15, 0.2) is 5.65 Å². The van der Waals surface area contributed by atoms with Crippen LogP contribution in [0.15, 0.2) is 47.4 Å². The van der Waals surface area contributed by atoms with Crippen LogP contribution in [0.3, 0.4) is 0 Å². The molecule has 0 saturated heterocycles. The number of β-amino-alcohol motifs (C(OH)–C–C–N with tert-alkyl or cyclic N) is 1. The number of aliphatic hydroxyl groups excluding tert-OH is 1. The van der Waals surface area contributed by atoms with Crippen LogP contribution in [0.1, 0.15) is 11.1 Å². The number of imidazole rings is 1. The Bertz CT molecular complexity index is 915. The van der Waals surface area contributed by atoms with Gasteiger partial charge >= 0.3 is 5.69 Å². The van der Waals surface area contributed by atoms with Crippen molar-refractivity contribution in [2.45, 2.75) is 25.6 Å². The quantitative estimate of drug-likeness (QED) is 0.755. The maximum atomic E-state index is 12.1. The van der Waals surface area contributed by atoms with Crippen molar-refractivity contribution in [2.75, 3.05) is 13.1 Å². The van der Waals surface area contributed by atoms with Crippen LogP contribution in [0, 0.1) is 0 Å². The Hall–Kier alpha value is -2.44. The van der Waals surface area contributed by atoms with Gasteiger partial charge in [0, 0.05) is 25.8 Å². The third-order valence-corrected chi connectivity index (χ3v) is 4.60. The largest absolute Gasteiger partial charge is 0.390 e. The minimum Gasteiger partial charge on any atom is -0.390 e. The van der Waals surface area contributed by atoms with Gasteiger partial charge in [-0.2, -0.15) is 0 Å². The Morgan fingerprint density at radius 1 is 1.17 bits per heavy atom. The third kappa shape index (κ3) is 2.86. The third-order valence-electron chi connectivity index (χ3n) is 4.60. The number of benzene rings is 1. The predicted molar refractivity (Wildman–Crippen MR) is 91.8 cm³/mol. The van der Waals surface area contributed by atoms with Gasteiger partial charge in [0.2, 0.25) is 0 Å². The van der Waals surface area contributed by atoms with Crippen molar-refractivity contribution < 1.29 is 5.11 Å². The lowest BCUT2D eigenvalue weighted by molar-refractivity contribution is 0.0918. The lowest BCUT2D eigenvalue weighted by atomic mass is 10.00. The summed E-state index contributed by atoms with van der Waals surface area (Å²) in [6.45, 7) is 2.55. The normalized spacial score (nSPS) is 16.2. The van der Waals surface area contributed by atoms with Gasteiger partial charge < -0.3 is 10.1 Å². The molecule has 0 fully saturated rings. The van der Waals surface area contributed by atoms with Crippen LogP contribution in [0.5, 0.6) is 0 Å². The Labute approximate surface area is 139 Å². The minimum absolute atomic E-state index is 0.230. The highest BCUT2D eigenvalue weighted by atomic mass is 16.3. The second kappa shape index (κ2) is 6.22. The SMILES string of the molecule is O=c1[nH]c2cccnc2n1CC(O)CN1CCc2ccccc2C1. The van der Waals surface area contributed by atoms with E-state index in [2.05, 4.69) is 39.1 Å². The van der Waals surface area contributed by atoms with E-state index < -0.39 is 6.10 Å². The van der Waals surface area contributed by atoms with Crippen molar-refractivity contribution in [1.82, 2.24) is 19.4 Å². The maximum Gasteiger partial charge on any atom is 0.327 e. The highest BCUT2D eigenvalue weighted by Crippen LogP contribution is 2.18. The van der Waals surface area contributed by atoms with Gasteiger partial charge in [0.05, 0.1) is 18.2 Å². The monoisotopic (exact) mass is 324 g/mol. The zero-order valence-corrected chi connectivity index (χ0v) is 13.4. The Morgan fingerprint density at radius 3 is 2.88 bits per heavy atom. The van der Waals surface area contributed by atoms with Gasteiger partial charge in [-0.3, -0.25) is 9.47 Å². The lowest BCUT2D eigenvalue weighted by Gasteiger charge is -2.30. The van der Waals surface area contributed by atoms with E-state index in [1.54, 1.807) is 12.3 Å². The second-order valence-electron chi connectivity index (χ2n) is 6.32. The molecular weight excluding hydrogens is 304 g/mol. The second-order valence-corrected chi connectivity index (χ2v) is 6.32. The van der Waals surface area contributed by atoms with Crippen molar-refractivity contribution >= 4 is 11.2 Å². The number of fused-ring (bicyclic) bond motifs is 2. The predicted octanol–water partition coefficient (Wildman–Crippen LogP) is 1.14. The zero-order chi connectivity index (χ0) is 16.5. The number of pyridine rings is 1. The van der Waals surface area contributed by atoms with Gasteiger partial charge in [0.1, 0.15) is 0 Å². The first-order chi connectivity index (χ1) is 11.7. The first-order valence-corrected chi connectivity index (χ1v) is 8.21. The van der Waals surface area contributed by atoms with E-state index in [-0.39, 0.29) is 12.2 Å². The van der Waals surface area contributed by atoms with E-state index in [1.165, 1.54) is 15.7 Å². The standard InChI is InChI=1S/C18H20N4O2/c23-15(11-21-9-7-13-4-1-2-5-14(13)10-21)12-22-17-16(20-18(22)24)6-3-8-19-17/h1-6,8,15,23H,7,9-12H2,(H,20,24). The molecule has 1 unspecified atom stereocenters. The number of aromatic amines is 1. The van der Waals surface area contributed by atoms with Crippen LogP contribution >= 0.6 is 0 Å². The van der Waals surface area contributed by atoms with E-state index >= 15 is 0 Å². The van der Waals surface area contributed by atoms with Gasteiger partial charge in [-0.05, 0) is 29.7 Å². The van der Waals surface area contributed by atoms with Crippen LogP contribution in [0.4, 0.5) is 0 Å². The number of aromatic nitrogens is 3. The zero-order valence-electron chi connectivity index (χ0n) is 13.4. The van der Waals surface area contributed by atoms with Crippen LogP contribution in [-0.4, -0.2) is 43.7 Å². The number of hydrogen-bond acceptors (Lipinski definition) is 4. The molecular formula is C18H20N4O2. The molecule has 0 aliphatic carbocycles. The van der Waals surface area contributed by atoms with E-state index in [1.807, 2.05) is 6.07 Å². The fraction of sp³-hybridized carbons (Fsp3) is 0.333. The lowest BCUT2D eigenvalue weighted by Crippen LogP contribution is -2.39. The Kier molecular flexibility index (Phi) is 3.92. The van der Waals surface area contributed by atoms with E-state index in [4.69, 9.17) is 0 Å². The van der Waals surface area contributed by atoms with Crippen molar-refractivity contribution in [2.24, 2.45) is 0 Å². The Morgan fingerprint density at radius 2 is 2.00 bits per heavy atom. The molecule has 2 aromatic heterocycles. The van der Waals surface area contributed by atoms with Crippen molar-refractivity contribution in [3.8, 4) is 0 Å². The molecule has 0 bridgehead atoms. The molecule has 24 heavy (non-hydrogen) atoms. The molecule has 0 saturated carbocycles. The molecule has 0 radical (unpaired) electrons. The van der Waals surface area contributed by atoms with Crippen molar-refractivity contribution in [3.63, 3.8) is 0 Å². The van der Waals surface area contributed by atoms with E-state index in [9.17, 15) is 9.90 Å². The Balaban J connectivity index is 1.46. The van der Waals surface area contributed by atoms with Crippen LogP contribution in [-0.2, 0) is 19.5 Å². The average molecular weight is 324 g/mol. The summed E-state index contributed by atoms with van der Waals surface area (Å²) in [6, 6.07) is 12.0. The molecule has 4 rings (SSSR count). The highest BCUT2D eigenvalue weighted by molar-refractivity contribution is 5.69. The average Bonchev–Trinajstić information content (AvgIpc) is 2.90. The minimum atomic E-state index is -0.617. The number of rotatable bonds is 4. The molecule has 3 heterocycles. The molecule has 124 valence electrons. The van der Waals surface area contributed by atoms with Crippen molar-refractivity contribution in [1.29, 1.82) is 0 Å². The molecule has 2 N–H and O–H groups in total. The number of aliphatic hydroxyl groups is 1. The van der Waals surface area contributed by atoms with Gasteiger partial charge in [-0.25, -0.2) is 9.78 Å². The molecule has 0 amide bonds. The molecule has 1 atom stereocenters. The first-order valence-electron chi connectivity index (χ1n) is 8.21. The summed E-state index contributed by atoms with van der Waals surface area (Å²) < 4.78 is 1.51. The molecule has 6 heteroatoms. The molecule has 1 aliphatic rings. The summed E-state index contributed by atoms with van der Waals surface area (Å²) in [5, 5.41) is 10.5. The number of nitrogens with one attached hydrogen (secondary N) is 1. The summed E-state index contributed by atoms with van der Waals surface area (Å²) in [6.07, 6.45) is 2.03. The summed E-state index contributed by atoms with van der Waals surface area (Å²) in [5.74, 6) is 0. The number of nitrogens with zero attached hydrogens (tertiary/aromatic N) is 3. The summed E-state index contributed by atoms with van der Waals surface area (Å²) in [4.78, 5) is 21.3. The highest BCUT2D eigenvalue weighted by Gasteiger charge is 2.19. The molecule has 6 nitrogen and oxygen atoms in total. The van der Waals surface area contributed by atoms with Crippen LogP contribution < -0.4 is 5.69 Å². The van der Waals surface area contributed by atoms with E-state index in [0.29, 0.717) is 17.7 Å². The summed E-state index contributed by atoms with van der Waals surface area (Å²) in [5.41, 5.74) is 3.76. The fourth-order valence-electron chi connectivity index (χ4n) is 3.43. The van der Waals surface area contributed by atoms with Crippen LogP contribution in [0.2, 0.25) is 0 Å². The fourth-order valence-corrected chi connectivity index (χ4v) is 3.43. The molecule has 0 spiro atoms. The van der Waals surface area contributed by atoms with Crippen LogP contribution in [0.25, 0.3) is 11.2 Å². The topological polar surface area (TPSA) is 74.1 Å². The summed E-state index contributed by atoms with van der Waals surface area (Å²) in [7, 11) is 0. The molecule has 1 aliphatic heterocycles. The van der Waals surface area contributed by atoms with Gasteiger partial charge in [0.25, 0.3) is 0 Å². The smallest absolute Gasteiger partial charge is 0.327 e. The number of H-pyrrole nitrogens is 1. The van der Waals surface area contributed by atoms with Crippen molar-refractivity contribution in [3.05, 3.63) is 64.2 Å². The van der Waals surface area contributed by atoms with Gasteiger partial charge in [-0.1, -0.05) is 24.3 Å². The maximum absolute atomic E-state index is 12.1. The number of hydrogen-bond donors (Lipinski definition) is 2. The molecule has 3 aromatic rings. The molecule has 1 aromatic carbocycles. The van der Waals surface area contributed by atoms with E-state index in [0.717, 1.165) is 19.5 Å². The summed E-state index contributed by atoms with van der Waals surface area (Å²) >= 11 is 0. The first kappa shape index (κ1) is 15.1. The van der Waals surface area contributed by atoms with Gasteiger partial charge in [-0.15, -0.1) is 0 Å².